The molecule has 2 N–H and O–H groups in total. The Labute approximate surface area is 153 Å². The maximum Gasteiger partial charge on any atom is 0.255 e. The van der Waals surface area contributed by atoms with E-state index < -0.39 is 0 Å². The highest BCUT2D eigenvalue weighted by atomic mass is 16.2. The van der Waals surface area contributed by atoms with Crippen LogP contribution in [0, 0.1) is 6.92 Å². The molecule has 0 aliphatic heterocycles. The summed E-state index contributed by atoms with van der Waals surface area (Å²) in [5.74, 6) is -0.480. The summed E-state index contributed by atoms with van der Waals surface area (Å²) < 4.78 is 0. The second kappa shape index (κ2) is 7.52. The van der Waals surface area contributed by atoms with Crippen molar-refractivity contribution in [2.75, 3.05) is 10.6 Å². The molecule has 0 unspecified atom stereocenters. The minimum Gasteiger partial charge on any atom is -0.326 e. The van der Waals surface area contributed by atoms with Crippen molar-refractivity contribution in [2.45, 2.75) is 40.0 Å². The van der Waals surface area contributed by atoms with Gasteiger partial charge in [-0.2, -0.15) is 0 Å². The summed E-state index contributed by atoms with van der Waals surface area (Å²) in [4.78, 5) is 35.1. The van der Waals surface area contributed by atoms with E-state index in [4.69, 9.17) is 0 Å². The van der Waals surface area contributed by atoms with E-state index in [1.807, 2.05) is 19.1 Å². The molecular formula is C21H24N2O3. The zero-order valence-corrected chi connectivity index (χ0v) is 15.8. The predicted octanol–water partition coefficient (Wildman–Crippen LogP) is 4.32. The van der Waals surface area contributed by atoms with Crippen LogP contribution in [0.3, 0.4) is 0 Å². The molecule has 2 amide bonds. The molecule has 0 saturated heterocycles. The molecule has 2 aromatic carbocycles. The number of carbonyl (C=O) groups excluding carboxylic acids is 3. The monoisotopic (exact) mass is 352 g/mol. The van der Waals surface area contributed by atoms with Crippen molar-refractivity contribution in [2.24, 2.45) is 0 Å². The minimum atomic E-state index is -0.309. The van der Waals surface area contributed by atoms with Crippen molar-refractivity contribution in [3.05, 3.63) is 58.7 Å². The lowest BCUT2D eigenvalue weighted by atomic mass is 9.85. The number of hydrogen-bond acceptors (Lipinski definition) is 3. The molecule has 0 radical (unpaired) electrons. The van der Waals surface area contributed by atoms with Crippen LogP contribution in [0.4, 0.5) is 11.4 Å². The number of hydrogen-bond donors (Lipinski definition) is 2. The predicted molar refractivity (Wildman–Crippen MR) is 104 cm³/mol. The lowest BCUT2D eigenvalue weighted by Gasteiger charge is -2.23. The van der Waals surface area contributed by atoms with Gasteiger partial charge in [-0.25, -0.2) is 0 Å². The fourth-order valence-corrected chi connectivity index (χ4v) is 2.54. The molecule has 0 bridgehead atoms. The van der Waals surface area contributed by atoms with Crippen LogP contribution in [0.5, 0.6) is 0 Å². The van der Waals surface area contributed by atoms with Crippen molar-refractivity contribution in [3.63, 3.8) is 0 Å². The number of amides is 2. The van der Waals surface area contributed by atoms with E-state index in [-0.39, 0.29) is 17.2 Å². The lowest BCUT2D eigenvalue weighted by Crippen LogP contribution is -2.18. The smallest absolute Gasteiger partial charge is 0.255 e. The molecule has 0 aromatic heterocycles. The van der Waals surface area contributed by atoms with Crippen LogP contribution < -0.4 is 10.6 Å². The van der Waals surface area contributed by atoms with Gasteiger partial charge in [-0.3, -0.25) is 14.4 Å². The Bertz CT molecular complexity index is 864. The van der Waals surface area contributed by atoms with Crippen molar-refractivity contribution < 1.29 is 14.4 Å². The largest absolute Gasteiger partial charge is 0.326 e. The van der Waals surface area contributed by atoms with Crippen molar-refractivity contribution >= 4 is 29.5 Å². The zero-order chi connectivity index (χ0) is 19.5. The maximum atomic E-state index is 12.6. The molecule has 0 aliphatic carbocycles. The molecule has 26 heavy (non-hydrogen) atoms. The van der Waals surface area contributed by atoms with Crippen LogP contribution >= 0.6 is 0 Å². The fourth-order valence-electron chi connectivity index (χ4n) is 2.54. The topological polar surface area (TPSA) is 75.3 Å². The summed E-state index contributed by atoms with van der Waals surface area (Å²) >= 11 is 0. The fraction of sp³-hybridized carbons (Fsp3) is 0.286. The van der Waals surface area contributed by atoms with Gasteiger partial charge >= 0.3 is 0 Å². The van der Waals surface area contributed by atoms with Gasteiger partial charge in [-0.05, 0) is 47.7 Å². The van der Waals surface area contributed by atoms with Gasteiger partial charge in [0.2, 0.25) is 5.91 Å². The van der Waals surface area contributed by atoms with E-state index in [1.165, 1.54) is 6.92 Å². The Hall–Kier alpha value is -2.95. The summed E-state index contributed by atoms with van der Waals surface area (Å²) in [6.45, 7) is 9.48. The van der Waals surface area contributed by atoms with Gasteiger partial charge in [0, 0.05) is 29.4 Å². The van der Waals surface area contributed by atoms with Crippen LogP contribution in [0.1, 0.15) is 59.5 Å². The van der Waals surface area contributed by atoms with Crippen molar-refractivity contribution in [1.82, 2.24) is 0 Å². The molecule has 5 nitrogen and oxygen atoms in total. The van der Waals surface area contributed by atoms with Gasteiger partial charge in [0.1, 0.15) is 6.29 Å². The standard InChI is InChI=1S/C21H24N2O3/c1-13-18(22-14(2)25)10-17(21(3,4)5)11-19(13)23-20(26)16-8-6-7-15(9-16)12-24/h6-12H,1-5H3,(H,22,25)(H,23,26). The summed E-state index contributed by atoms with van der Waals surface area (Å²) in [5.41, 5.74) is 3.74. The van der Waals surface area contributed by atoms with Crippen LogP contribution in [-0.4, -0.2) is 18.1 Å². The third-order valence-corrected chi connectivity index (χ3v) is 4.12. The van der Waals surface area contributed by atoms with E-state index in [0.717, 1.165) is 11.1 Å². The zero-order valence-electron chi connectivity index (χ0n) is 15.8. The van der Waals surface area contributed by atoms with Gasteiger partial charge < -0.3 is 10.6 Å². The Balaban J connectivity index is 2.45. The molecule has 0 heterocycles. The number of benzene rings is 2. The Kier molecular flexibility index (Phi) is 5.60. The van der Waals surface area contributed by atoms with E-state index in [0.29, 0.717) is 28.8 Å². The molecule has 2 rings (SSSR count). The third kappa shape index (κ3) is 4.57. The molecule has 0 fully saturated rings. The van der Waals surface area contributed by atoms with Crippen LogP contribution in [-0.2, 0) is 10.2 Å². The van der Waals surface area contributed by atoms with E-state index in [9.17, 15) is 14.4 Å². The highest BCUT2D eigenvalue weighted by molar-refractivity contribution is 6.06. The number of aldehydes is 1. The average molecular weight is 352 g/mol. The van der Waals surface area contributed by atoms with E-state index in [1.54, 1.807) is 24.3 Å². The van der Waals surface area contributed by atoms with Gasteiger partial charge in [0.25, 0.3) is 5.91 Å². The van der Waals surface area contributed by atoms with E-state index >= 15 is 0 Å². The van der Waals surface area contributed by atoms with Crippen molar-refractivity contribution in [3.8, 4) is 0 Å². The second-order valence-corrected chi connectivity index (χ2v) is 7.32. The van der Waals surface area contributed by atoms with Crippen LogP contribution in [0.25, 0.3) is 0 Å². The number of carbonyl (C=O) groups is 3. The summed E-state index contributed by atoms with van der Waals surface area (Å²) in [6, 6.07) is 10.4. The Morgan fingerprint density at radius 2 is 1.62 bits per heavy atom. The molecular weight excluding hydrogens is 328 g/mol. The first-order chi connectivity index (χ1) is 12.1. The number of nitrogens with one attached hydrogen (secondary N) is 2. The molecule has 136 valence electrons. The first kappa shape index (κ1) is 19.4. The van der Waals surface area contributed by atoms with Crippen molar-refractivity contribution in [1.29, 1.82) is 0 Å². The molecule has 0 atom stereocenters. The molecule has 0 spiro atoms. The summed E-state index contributed by atoms with van der Waals surface area (Å²) in [6.07, 6.45) is 0.705. The summed E-state index contributed by atoms with van der Waals surface area (Å²) in [5, 5.41) is 5.72. The molecule has 0 aliphatic rings. The van der Waals surface area contributed by atoms with Gasteiger partial charge in [0.15, 0.2) is 0 Å². The SMILES string of the molecule is CC(=O)Nc1cc(C(C)(C)C)cc(NC(=O)c2cccc(C=O)c2)c1C. The maximum absolute atomic E-state index is 12.6. The lowest BCUT2D eigenvalue weighted by molar-refractivity contribution is -0.114. The first-order valence-corrected chi connectivity index (χ1v) is 8.41. The third-order valence-electron chi connectivity index (χ3n) is 4.12. The average Bonchev–Trinajstić information content (AvgIpc) is 2.56. The molecule has 5 heteroatoms. The first-order valence-electron chi connectivity index (χ1n) is 8.41. The summed E-state index contributed by atoms with van der Waals surface area (Å²) in [7, 11) is 0. The van der Waals surface area contributed by atoms with Gasteiger partial charge in [-0.15, -0.1) is 0 Å². The van der Waals surface area contributed by atoms with Crippen LogP contribution in [0.2, 0.25) is 0 Å². The Morgan fingerprint density at radius 3 is 2.15 bits per heavy atom. The number of anilines is 2. The minimum absolute atomic E-state index is 0.155. The number of rotatable bonds is 4. The van der Waals surface area contributed by atoms with Crippen LogP contribution in [0.15, 0.2) is 36.4 Å². The normalized spacial score (nSPS) is 11.0. The highest BCUT2D eigenvalue weighted by Crippen LogP contribution is 2.32. The molecule has 0 saturated carbocycles. The van der Waals surface area contributed by atoms with Gasteiger partial charge in [0.05, 0.1) is 0 Å². The molecule has 2 aromatic rings. The Morgan fingerprint density at radius 1 is 1.00 bits per heavy atom. The second-order valence-electron chi connectivity index (χ2n) is 7.32. The van der Waals surface area contributed by atoms with Gasteiger partial charge in [-0.1, -0.05) is 32.9 Å². The quantitative estimate of drug-likeness (QED) is 0.805. The van der Waals surface area contributed by atoms with E-state index in [2.05, 4.69) is 31.4 Å². The highest BCUT2D eigenvalue weighted by Gasteiger charge is 2.19.